The van der Waals surface area contributed by atoms with Gasteiger partial charge in [0.2, 0.25) is 0 Å². The van der Waals surface area contributed by atoms with Gasteiger partial charge in [-0.1, -0.05) is 36.4 Å². The fraction of sp³-hybridized carbons (Fsp3) is 0.333. The summed E-state index contributed by atoms with van der Waals surface area (Å²) in [4.78, 5) is 4.00. The van der Waals surface area contributed by atoms with Gasteiger partial charge in [0, 0.05) is 12.1 Å². The molecule has 0 bridgehead atoms. The fourth-order valence-electron chi connectivity index (χ4n) is 3.78. The molecule has 0 atom stereocenters. The zero-order valence-corrected chi connectivity index (χ0v) is 24.9. The van der Waals surface area contributed by atoms with Crippen molar-refractivity contribution in [3.8, 4) is 5.75 Å². The number of rotatable bonds is 9. The molecule has 0 aliphatic rings. The standard InChI is InChI=1S/C21H21OS.C6HF13O3S/c1-16-14-20(15-17(2)21(16)22-3)23(18-10-6-4-7-11-18)19-12-8-5-9-13-19;7-1(8,3(11,12)5(15,16)17)2(9,10)4(13,14)6(18,19)23(20,21)22/h4-15H,1-3H3;(H,20,21,22)/q+1;/p-1. The number of alkyl halides is 13. The van der Waals surface area contributed by atoms with Gasteiger partial charge in [0.05, 0.1) is 18.0 Å². The van der Waals surface area contributed by atoms with Crippen molar-refractivity contribution in [2.24, 2.45) is 0 Å². The number of halogens is 13. The van der Waals surface area contributed by atoms with Crippen LogP contribution in [0.1, 0.15) is 11.1 Å². The van der Waals surface area contributed by atoms with E-state index < -0.39 is 45.2 Å². The van der Waals surface area contributed by atoms with Crippen molar-refractivity contribution in [2.75, 3.05) is 7.11 Å². The molecule has 3 rings (SSSR count). The molecule has 0 N–H and O–H groups in total. The summed E-state index contributed by atoms with van der Waals surface area (Å²) in [6.07, 6.45) is -7.61. The molecule has 0 aliphatic carbocycles. The van der Waals surface area contributed by atoms with Gasteiger partial charge in [-0.25, -0.2) is 8.42 Å². The molecule has 3 aromatic rings. The Labute approximate surface area is 256 Å². The van der Waals surface area contributed by atoms with Gasteiger partial charge in [-0.2, -0.15) is 57.1 Å². The Balaban J connectivity index is 0.000000320. The maximum absolute atomic E-state index is 12.7. The Hall–Kier alpha value is -3.19. The first-order valence-electron chi connectivity index (χ1n) is 12.1. The SMILES string of the molecule is COc1c(C)cc([S+](c2ccccc2)c2ccccc2)cc1C.O=S(=O)([O-])C(F)(F)C(F)(F)C(F)(F)C(F)(F)C(F)(F)C(F)(F)F. The van der Waals surface area contributed by atoms with Gasteiger partial charge in [0.25, 0.3) is 0 Å². The van der Waals surface area contributed by atoms with Crippen molar-refractivity contribution in [3.05, 3.63) is 83.9 Å². The summed E-state index contributed by atoms with van der Waals surface area (Å²) in [5.41, 5.74) is 2.37. The van der Waals surface area contributed by atoms with Crippen LogP contribution in [0.15, 0.2) is 87.5 Å². The highest BCUT2D eigenvalue weighted by Gasteiger charge is 2.91. The Kier molecular flexibility index (Phi) is 11.1. The average molecular weight is 721 g/mol. The van der Waals surface area contributed by atoms with Crippen molar-refractivity contribution < 1.29 is 74.8 Å². The highest BCUT2D eigenvalue weighted by atomic mass is 32.2. The molecule has 256 valence electrons. The van der Waals surface area contributed by atoms with Gasteiger partial charge in [0.15, 0.2) is 24.8 Å². The lowest BCUT2D eigenvalue weighted by molar-refractivity contribution is -0.433. The van der Waals surface area contributed by atoms with E-state index in [1.165, 1.54) is 25.8 Å². The molecule has 0 spiro atoms. The maximum Gasteiger partial charge on any atom is 0.460 e. The van der Waals surface area contributed by atoms with E-state index in [1.807, 2.05) is 0 Å². The van der Waals surface area contributed by atoms with E-state index in [-0.39, 0.29) is 10.9 Å². The topological polar surface area (TPSA) is 66.4 Å². The van der Waals surface area contributed by atoms with Crippen LogP contribution in [-0.2, 0) is 21.0 Å². The molecule has 0 aliphatic heterocycles. The highest BCUT2D eigenvalue weighted by Crippen LogP contribution is 2.60. The number of ether oxygens (including phenoxy) is 1. The van der Waals surface area contributed by atoms with Crippen LogP contribution in [0.5, 0.6) is 5.75 Å². The van der Waals surface area contributed by atoms with Gasteiger partial charge in [0.1, 0.15) is 5.75 Å². The molecule has 0 amide bonds. The average Bonchev–Trinajstić information content (AvgIpc) is 2.93. The van der Waals surface area contributed by atoms with Crippen molar-refractivity contribution in [3.63, 3.8) is 0 Å². The largest absolute Gasteiger partial charge is 0.743 e. The Bertz CT molecular complexity index is 1530. The van der Waals surface area contributed by atoms with Crippen LogP contribution in [0.2, 0.25) is 0 Å². The zero-order valence-electron chi connectivity index (χ0n) is 23.3. The molecule has 0 heterocycles. The lowest BCUT2D eigenvalue weighted by Crippen LogP contribution is -2.71. The number of methoxy groups -OCH3 is 1. The van der Waals surface area contributed by atoms with Crippen LogP contribution in [0, 0.1) is 13.8 Å². The Morgan fingerprint density at radius 3 is 1.24 bits per heavy atom. The van der Waals surface area contributed by atoms with E-state index in [0.717, 1.165) is 5.75 Å². The summed E-state index contributed by atoms with van der Waals surface area (Å²) in [5.74, 6) is -31.6. The van der Waals surface area contributed by atoms with Crippen molar-refractivity contribution in [2.45, 2.75) is 63.7 Å². The van der Waals surface area contributed by atoms with Gasteiger partial charge in [-0.3, -0.25) is 0 Å². The van der Waals surface area contributed by atoms with Crippen LogP contribution >= 0.6 is 0 Å². The van der Waals surface area contributed by atoms with E-state index >= 15 is 0 Å². The smallest absolute Gasteiger partial charge is 0.460 e. The van der Waals surface area contributed by atoms with Crippen LogP contribution in [0.25, 0.3) is 0 Å². The molecular weight excluding hydrogens is 699 g/mol. The molecule has 0 unspecified atom stereocenters. The number of aryl methyl sites for hydroxylation is 2. The first kappa shape index (κ1) is 39.0. The number of benzene rings is 3. The fourth-order valence-corrected chi connectivity index (χ4v) is 6.49. The summed E-state index contributed by atoms with van der Waals surface area (Å²) < 4.78 is 195. The summed E-state index contributed by atoms with van der Waals surface area (Å²) in [5, 5.41) is -7.63. The monoisotopic (exact) mass is 720 g/mol. The molecule has 3 aromatic carbocycles. The van der Waals surface area contributed by atoms with E-state index in [2.05, 4.69) is 86.6 Å². The molecule has 19 heteroatoms. The molecule has 0 radical (unpaired) electrons. The minimum absolute atomic E-state index is 0.101. The zero-order chi connectivity index (χ0) is 35.7. The van der Waals surface area contributed by atoms with E-state index in [4.69, 9.17) is 4.74 Å². The predicted octanol–water partition coefficient (Wildman–Crippen LogP) is 8.64. The predicted molar refractivity (Wildman–Crippen MR) is 138 cm³/mol. The van der Waals surface area contributed by atoms with Crippen molar-refractivity contribution in [1.82, 2.24) is 0 Å². The minimum atomic E-state index is -8.29. The third-order valence-corrected chi connectivity index (χ3v) is 9.13. The summed E-state index contributed by atoms with van der Waals surface area (Å²) >= 11 is 0. The normalized spacial score (nSPS) is 13.7. The van der Waals surface area contributed by atoms with Crippen molar-refractivity contribution >= 4 is 21.0 Å². The number of hydrogen-bond donors (Lipinski definition) is 0. The van der Waals surface area contributed by atoms with E-state index in [0.29, 0.717) is 0 Å². The van der Waals surface area contributed by atoms with Crippen LogP contribution in [0.4, 0.5) is 57.1 Å². The van der Waals surface area contributed by atoms with E-state index in [9.17, 15) is 70.0 Å². The molecule has 4 nitrogen and oxygen atoms in total. The third kappa shape index (κ3) is 6.90. The first-order chi connectivity index (χ1) is 20.7. The number of hydrogen-bond acceptors (Lipinski definition) is 4. The summed E-state index contributed by atoms with van der Waals surface area (Å²) in [7, 11) is -6.22. The van der Waals surface area contributed by atoms with Gasteiger partial charge in [-0.15, -0.1) is 0 Å². The third-order valence-electron chi connectivity index (χ3n) is 6.05. The molecule has 0 fully saturated rings. The summed E-state index contributed by atoms with van der Waals surface area (Å²) in [6.45, 7) is 4.24. The van der Waals surface area contributed by atoms with E-state index in [1.54, 1.807) is 7.11 Å². The Morgan fingerprint density at radius 2 is 0.935 bits per heavy atom. The quantitative estimate of drug-likeness (QED) is 0.126. The second-order valence-corrected chi connectivity index (χ2v) is 12.7. The van der Waals surface area contributed by atoms with Gasteiger partial charge in [-0.05, 0) is 49.2 Å². The molecule has 0 saturated carbocycles. The lowest BCUT2D eigenvalue weighted by atomic mass is 9.98. The molecular formula is C27H21F13O4S2. The molecule has 46 heavy (non-hydrogen) atoms. The van der Waals surface area contributed by atoms with Crippen LogP contribution in [0.3, 0.4) is 0 Å². The second kappa shape index (κ2) is 13.1. The van der Waals surface area contributed by atoms with Crippen molar-refractivity contribution in [1.29, 1.82) is 0 Å². The maximum atomic E-state index is 12.7. The molecule has 0 aromatic heterocycles. The van der Waals surface area contributed by atoms with Crippen LogP contribution < -0.4 is 4.74 Å². The lowest BCUT2D eigenvalue weighted by Gasteiger charge is -2.39. The second-order valence-electron chi connectivity index (χ2n) is 9.29. The minimum Gasteiger partial charge on any atom is -0.743 e. The van der Waals surface area contributed by atoms with Gasteiger partial charge >= 0.3 is 35.1 Å². The molecule has 0 saturated heterocycles. The van der Waals surface area contributed by atoms with Crippen LogP contribution in [-0.4, -0.2) is 55.2 Å². The van der Waals surface area contributed by atoms with Gasteiger partial charge < -0.3 is 9.29 Å². The summed E-state index contributed by atoms with van der Waals surface area (Å²) in [6, 6.07) is 26.0. The Morgan fingerprint density at radius 1 is 0.587 bits per heavy atom. The highest BCUT2D eigenvalue weighted by molar-refractivity contribution is 7.97. The first-order valence-corrected chi connectivity index (χ1v) is 14.7.